The van der Waals surface area contributed by atoms with Crippen molar-refractivity contribution < 1.29 is 9.90 Å². The van der Waals surface area contributed by atoms with Crippen molar-refractivity contribution in [3.8, 4) is 0 Å². The van der Waals surface area contributed by atoms with Crippen LogP contribution < -0.4 is 5.32 Å². The summed E-state index contributed by atoms with van der Waals surface area (Å²) in [5.41, 5.74) is 1.06. The number of carboxylic acid groups (broad SMARTS) is 1. The predicted octanol–water partition coefficient (Wildman–Crippen LogP) is 2.36. The Morgan fingerprint density at radius 1 is 1.67 bits per heavy atom. The molecule has 82 valence electrons. The van der Waals surface area contributed by atoms with Gasteiger partial charge in [-0.2, -0.15) is 0 Å². The lowest BCUT2D eigenvalue weighted by atomic mass is 10.1. The molecule has 2 N–H and O–H groups in total. The van der Waals surface area contributed by atoms with Gasteiger partial charge in [0, 0.05) is 23.0 Å². The molecule has 1 fully saturated rings. The van der Waals surface area contributed by atoms with Gasteiger partial charge < -0.3 is 10.4 Å². The van der Waals surface area contributed by atoms with E-state index >= 15 is 0 Å². The van der Waals surface area contributed by atoms with E-state index in [0.717, 1.165) is 30.0 Å². The molecule has 0 spiro atoms. The molecule has 4 nitrogen and oxygen atoms in total. The molecule has 2 rings (SSSR count). The zero-order chi connectivity index (χ0) is 10.8. The maximum atomic E-state index is 10.5. The molecule has 0 aromatic carbocycles. The fraction of sp³-hybridized carbons (Fsp3) is 0.600. The van der Waals surface area contributed by atoms with E-state index in [1.54, 1.807) is 11.3 Å². The van der Waals surface area contributed by atoms with E-state index in [-0.39, 0.29) is 6.04 Å². The second-order valence-electron chi connectivity index (χ2n) is 3.98. The van der Waals surface area contributed by atoms with E-state index in [9.17, 15) is 4.79 Å². The molecule has 0 aliphatic heterocycles. The second-order valence-corrected chi connectivity index (χ2v) is 4.87. The van der Waals surface area contributed by atoms with E-state index in [1.807, 2.05) is 12.3 Å². The molecule has 1 aromatic rings. The molecule has 15 heavy (non-hydrogen) atoms. The predicted molar refractivity (Wildman–Crippen MR) is 58.4 cm³/mol. The maximum Gasteiger partial charge on any atom is 0.404 e. The number of hydrogen-bond acceptors (Lipinski definition) is 3. The van der Waals surface area contributed by atoms with Crippen LogP contribution in [0.15, 0.2) is 5.38 Å². The number of nitrogens with one attached hydrogen (secondary N) is 1. The van der Waals surface area contributed by atoms with Crippen molar-refractivity contribution in [2.24, 2.45) is 0 Å². The first kappa shape index (κ1) is 10.4. The van der Waals surface area contributed by atoms with Crippen LogP contribution in [0.1, 0.15) is 35.9 Å². The molecule has 2 atom stereocenters. The van der Waals surface area contributed by atoms with E-state index in [4.69, 9.17) is 5.11 Å². The van der Waals surface area contributed by atoms with Crippen LogP contribution in [-0.4, -0.2) is 22.2 Å². The summed E-state index contributed by atoms with van der Waals surface area (Å²) in [5.74, 6) is 0.445. The molecular weight excluding hydrogens is 212 g/mol. The van der Waals surface area contributed by atoms with Gasteiger partial charge >= 0.3 is 6.09 Å². The SMILES string of the molecule is Cc1csc([C@@H]2CCC(NC(=O)O)C2)n1. The summed E-state index contributed by atoms with van der Waals surface area (Å²) in [7, 11) is 0. The smallest absolute Gasteiger partial charge is 0.404 e. The minimum Gasteiger partial charge on any atom is -0.465 e. The summed E-state index contributed by atoms with van der Waals surface area (Å²) in [6, 6.07) is 0.108. The fourth-order valence-corrected chi connectivity index (χ4v) is 3.02. The van der Waals surface area contributed by atoms with E-state index in [1.165, 1.54) is 0 Å². The highest BCUT2D eigenvalue weighted by molar-refractivity contribution is 7.09. The third kappa shape index (κ3) is 2.47. The Morgan fingerprint density at radius 3 is 3.07 bits per heavy atom. The lowest BCUT2D eigenvalue weighted by Gasteiger charge is -2.09. The van der Waals surface area contributed by atoms with Gasteiger partial charge in [-0.1, -0.05) is 0 Å². The van der Waals surface area contributed by atoms with Crippen molar-refractivity contribution in [2.75, 3.05) is 0 Å². The van der Waals surface area contributed by atoms with Gasteiger partial charge in [-0.25, -0.2) is 9.78 Å². The topological polar surface area (TPSA) is 62.2 Å². The Bertz CT molecular complexity index is 364. The molecule has 1 aromatic heterocycles. The molecule has 1 aliphatic carbocycles. The summed E-state index contributed by atoms with van der Waals surface area (Å²) in [4.78, 5) is 14.9. The highest BCUT2D eigenvalue weighted by Crippen LogP contribution is 2.35. The van der Waals surface area contributed by atoms with Crippen LogP contribution in [0, 0.1) is 6.92 Å². The van der Waals surface area contributed by atoms with Crippen molar-refractivity contribution in [1.29, 1.82) is 0 Å². The zero-order valence-corrected chi connectivity index (χ0v) is 9.38. The lowest BCUT2D eigenvalue weighted by Crippen LogP contribution is -2.31. The van der Waals surface area contributed by atoms with Crippen LogP contribution >= 0.6 is 11.3 Å². The highest BCUT2D eigenvalue weighted by Gasteiger charge is 2.28. The average molecular weight is 226 g/mol. The lowest BCUT2D eigenvalue weighted by molar-refractivity contribution is 0.190. The highest BCUT2D eigenvalue weighted by atomic mass is 32.1. The number of hydrogen-bond donors (Lipinski definition) is 2. The zero-order valence-electron chi connectivity index (χ0n) is 8.56. The van der Waals surface area contributed by atoms with Gasteiger partial charge in [-0.05, 0) is 26.2 Å². The van der Waals surface area contributed by atoms with Crippen LogP contribution in [0.4, 0.5) is 4.79 Å². The fourth-order valence-electron chi connectivity index (χ4n) is 2.07. The number of nitrogens with zero attached hydrogens (tertiary/aromatic N) is 1. The van der Waals surface area contributed by atoms with Crippen LogP contribution in [0.3, 0.4) is 0 Å². The average Bonchev–Trinajstić information content (AvgIpc) is 2.72. The number of aryl methyl sites for hydroxylation is 1. The number of rotatable bonds is 2. The summed E-state index contributed by atoms with van der Waals surface area (Å²) in [5, 5.41) is 14.4. The molecule has 1 heterocycles. The van der Waals surface area contributed by atoms with E-state index < -0.39 is 6.09 Å². The first-order chi connectivity index (χ1) is 7.15. The van der Waals surface area contributed by atoms with Gasteiger partial charge in [0.15, 0.2) is 0 Å². The van der Waals surface area contributed by atoms with Gasteiger partial charge in [-0.3, -0.25) is 0 Å². The third-order valence-corrected chi connectivity index (χ3v) is 3.87. The summed E-state index contributed by atoms with van der Waals surface area (Å²) >= 11 is 1.68. The van der Waals surface area contributed by atoms with Crippen LogP contribution in [0.2, 0.25) is 0 Å². The van der Waals surface area contributed by atoms with Crippen molar-refractivity contribution in [2.45, 2.75) is 38.1 Å². The molecule has 1 amide bonds. The second kappa shape index (κ2) is 4.18. The molecular formula is C10H14N2O2S. The Morgan fingerprint density at radius 2 is 2.47 bits per heavy atom. The standard InChI is InChI=1S/C10H14N2O2S/c1-6-5-15-9(11-6)7-2-3-8(4-7)12-10(13)14/h5,7-8,12H,2-4H2,1H3,(H,13,14)/t7-,8?/m1/s1. The summed E-state index contributed by atoms with van der Waals surface area (Å²) < 4.78 is 0. The molecule has 5 heteroatoms. The van der Waals surface area contributed by atoms with E-state index in [2.05, 4.69) is 10.3 Å². The molecule has 0 radical (unpaired) electrons. The quantitative estimate of drug-likeness (QED) is 0.813. The van der Waals surface area contributed by atoms with Crippen molar-refractivity contribution in [1.82, 2.24) is 10.3 Å². The number of amides is 1. The monoisotopic (exact) mass is 226 g/mol. The third-order valence-electron chi connectivity index (χ3n) is 2.75. The largest absolute Gasteiger partial charge is 0.465 e. The minimum atomic E-state index is -0.920. The van der Waals surface area contributed by atoms with Gasteiger partial charge in [0.2, 0.25) is 0 Å². The Kier molecular flexibility index (Phi) is 2.90. The van der Waals surface area contributed by atoms with Crippen LogP contribution in [0.5, 0.6) is 0 Å². The summed E-state index contributed by atoms with van der Waals surface area (Å²) in [6.07, 6.45) is 1.93. The van der Waals surface area contributed by atoms with Crippen LogP contribution in [0.25, 0.3) is 0 Å². The maximum absolute atomic E-state index is 10.5. The first-order valence-electron chi connectivity index (χ1n) is 5.06. The molecule has 1 aliphatic rings. The van der Waals surface area contributed by atoms with Crippen LogP contribution in [-0.2, 0) is 0 Å². The van der Waals surface area contributed by atoms with Crippen molar-refractivity contribution in [3.05, 3.63) is 16.1 Å². The summed E-state index contributed by atoms with van der Waals surface area (Å²) in [6.45, 7) is 1.99. The van der Waals surface area contributed by atoms with Gasteiger partial charge in [0.25, 0.3) is 0 Å². The van der Waals surface area contributed by atoms with Crippen molar-refractivity contribution in [3.63, 3.8) is 0 Å². The Balaban J connectivity index is 1.95. The molecule has 1 unspecified atom stereocenters. The van der Waals surface area contributed by atoms with Crippen molar-refractivity contribution >= 4 is 17.4 Å². The first-order valence-corrected chi connectivity index (χ1v) is 5.94. The molecule has 0 bridgehead atoms. The Labute approximate surface area is 92.3 Å². The van der Waals surface area contributed by atoms with Gasteiger partial charge in [0.1, 0.15) is 0 Å². The number of carbonyl (C=O) groups is 1. The minimum absolute atomic E-state index is 0.108. The van der Waals surface area contributed by atoms with E-state index in [0.29, 0.717) is 5.92 Å². The number of aromatic nitrogens is 1. The normalized spacial score (nSPS) is 25.4. The molecule has 0 saturated heterocycles. The molecule has 1 saturated carbocycles. The Hall–Kier alpha value is -1.10. The van der Waals surface area contributed by atoms with Gasteiger partial charge in [-0.15, -0.1) is 11.3 Å². The van der Waals surface area contributed by atoms with Gasteiger partial charge in [0.05, 0.1) is 5.01 Å². The number of thiazole rings is 1.